The lowest BCUT2D eigenvalue weighted by Gasteiger charge is -2.41. The van der Waals surface area contributed by atoms with Crippen LogP contribution in [0.2, 0.25) is 0 Å². The van der Waals surface area contributed by atoms with Crippen LogP contribution in [0, 0.1) is 17.7 Å². The minimum atomic E-state index is -4.64. The molecule has 2 atom stereocenters. The molecule has 1 amide bonds. The second-order valence-electron chi connectivity index (χ2n) is 8.21. The van der Waals surface area contributed by atoms with Crippen molar-refractivity contribution >= 4 is 32.9 Å². The zero-order valence-electron chi connectivity index (χ0n) is 17.2. The van der Waals surface area contributed by atoms with Crippen LogP contribution in [0.25, 0.3) is 0 Å². The summed E-state index contributed by atoms with van der Waals surface area (Å²) in [5.41, 5.74) is -0.979. The number of benzene rings is 1. The monoisotopic (exact) mass is 456 g/mol. The summed E-state index contributed by atoms with van der Waals surface area (Å²) in [4.78, 5) is 14.4. The highest BCUT2D eigenvalue weighted by atomic mass is 32.1. The zero-order valence-corrected chi connectivity index (χ0v) is 19.2. The number of carbonyl (C=O) groups is 1. The molecule has 168 valence electrons. The van der Waals surface area contributed by atoms with Crippen LogP contribution in [-0.2, 0) is 17.5 Å². The molecule has 29 heavy (non-hydrogen) atoms. The summed E-state index contributed by atoms with van der Waals surface area (Å²) in [6.45, 7) is 8.48. The van der Waals surface area contributed by atoms with E-state index in [0.717, 1.165) is 12.5 Å². The predicted molar refractivity (Wildman–Crippen MR) is 117 cm³/mol. The lowest BCUT2D eigenvalue weighted by atomic mass is 9.94. The van der Waals surface area contributed by atoms with Gasteiger partial charge in [0, 0.05) is 19.1 Å². The van der Waals surface area contributed by atoms with Gasteiger partial charge in [-0.25, -0.2) is 4.39 Å². The maximum absolute atomic E-state index is 13.4. The molecule has 1 aromatic carbocycles. The van der Waals surface area contributed by atoms with Gasteiger partial charge in [0.15, 0.2) is 0 Å². The van der Waals surface area contributed by atoms with Gasteiger partial charge >= 0.3 is 6.18 Å². The van der Waals surface area contributed by atoms with Crippen molar-refractivity contribution in [3.05, 3.63) is 35.1 Å². The lowest BCUT2D eigenvalue weighted by molar-refractivity contribution is -0.139. The van der Waals surface area contributed by atoms with Crippen molar-refractivity contribution in [2.45, 2.75) is 65.3 Å². The molecule has 1 N–H and O–H groups in total. The van der Waals surface area contributed by atoms with Crippen molar-refractivity contribution in [3.8, 4) is 0 Å². The summed E-state index contributed by atoms with van der Waals surface area (Å²) >= 11 is 0. The molecule has 9 heteroatoms. The third-order valence-electron chi connectivity index (χ3n) is 4.75. The van der Waals surface area contributed by atoms with Crippen molar-refractivity contribution < 1.29 is 22.4 Å². The van der Waals surface area contributed by atoms with Gasteiger partial charge in [-0.05, 0) is 42.4 Å². The molecule has 1 aromatic rings. The van der Waals surface area contributed by atoms with E-state index in [1.165, 1.54) is 6.07 Å². The molecule has 0 spiro atoms. The fourth-order valence-electron chi connectivity index (χ4n) is 3.67. The summed E-state index contributed by atoms with van der Waals surface area (Å²) in [6.07, 6.45) is -3.32. The number of piperazine rings is 1. The van der Waals surface area contributed by atoms with E-state index in [1.54, 1.807) is 0 Å². The Bertz CT molecular complexity index is 668. The van der Waals surface area contributed by atoms with Gasteiger partial charge in [0.05, 0.1) is 11.6 Å². The molecule has 0 radical (unpaired) electrons. The standard InChI is InChI=1S/C20H28F4N2O.2H2S/c1-12(2)7-16-11-26(18(8-13(3)4)19(27)25-16)10-14-5-6-15(21)9-17(14)20(22,23)24;;/h5-6,9,12-13,16,18H,7-8,10-11H2,1-4H3,(H,25,27);2*1H2/t16-,18-;;/m0../s1. The van der Waals surface area contributed by atoms with Crippen LogP contribution >= 0.6 is 27.0 Å². The number of amides is 1. The van der Waals surface area contributed by atoms with Crippen LogP contribution in [0.5, 0.6) is 0 Å². The Kier molecular flexibility index (Phi) is 11.1. The molecular formula is C20H32F4N2OS2. The molecule has 0 bridgehead atoms. The first kappa shape index (κ1) is 28.1. The van der Waals surface area contributed by atoms with E-state index in [0.29, 0.717) is 24.9 Å². The lowest BCUT2D eigenvalue weighted by Crippen LogP contribution is -2.60. The third kappa shape index (κ3) is 8.02. The van der Waals surface area contributed by atoms with Crippen LogP contribution in [0.4, 0.5) is 17.6 Å². The van der Waals surface area contributed by atoms with E-state index in [4.69, 9.17) is 0 Å². The topological polar surface area (TPSA) is 32.3 Å². The highest BCUT2D eigenvalue weighted by Gasteiger charge is 2.38. The number of nitrogens with zero attached hydrogens (tertiary/aromatic N) is 1. The average molecular weight is 457 g/mol. The Hall–Kier alpha value is -0.930. The summed E-state index contributed by atoms with van der Waals surface area (Å²) in [7, 11) is 0. The Labute approximate surface area is 184 Å². The molecule has 0 aliphatic carbocycles. The maximum atomic E-state index is 13.4. The number of rotatable bonds is 6. The van der Waals surface area contributed by atoms with E-state index in [9.17, 15) is 22.4 Å². The molecule has 1 saturated heterocycles. The highest BCUT2D eigenvalue weighted by molar-refractivity contribution is 7.59. The summed E-state index contributed by atoms with van der Waals surface area (Å²) in [5.74, 6) is -0.481. The second-order valence-corrected chi connectivity index (χ2v) is 8.21. The Morgan fingerprint density at radius 3 is 2.21 bits per heavy atom. The smallest absolute Gasteiger partial charge is 0.351 e. The van der Waals surface area contributed by atoms with E-state index in [-0.39, 0.29) is 57.0 Å². The quantitative estimate of drug-likeness (QED) is 0.622. The van der Waals surface area contributed by atoms with E-state index in [1.807, 2.05) is 32.6 Å². The van der Waals surface area contributed by atoms with Crippen molar-refractivity contribution in [2.24, 2.45) is 11.8 Å². The van der Waals surface area contributed by atoms with E-state index in [2.05, 4.69) is 5.32 Å². The molecule has 1 fully saturated rings. The van der Waals surface area contributed by atoms with Gasteiger partial charge in [-0.3, -0.25) is 9.69 Å². The van der Waals surface area contributed by atoms with Crippen molar-refractivity contribution in [1.82, 2.24) is 10.2 Å². The minimum Gasteiger partial charge on any atom is -0.351 e. The second kappa shape index (κ2) is 11.5. The van der Waals surface area contributed by atoms with Crippen LogP contribution in [0.1, 0.15) is 51.7 Å². The van der Waals surface area contributed by atoms with Crippen LogP contribution in [-0.4, -0.2) is 29.4 Å². The van der Waals surface area contributed by atoms with Crippen LogP contribution < -0.4 is 5.32 Å². The molecule has 2 rings (SSSR count). The van der Waals surface area contributed by atoms with Crippen molar-refractivity contribution in [1.29, 1.82) is 0 Å². The molecular weight excluding hydrogens is 424 g/mol. The Morgan fingerprint density at radius 1 is 1.10 bits per heavy atom. The molecule has 3 nitrogen and oxygen atoms in total. The maximum Gasteiger partial charge on any atom is 0.416 e. The number of alkyl halides is 3. The number of hydrogen-bond acceptors (Lipinski definition) is 2. The predicted octanol–water partition coefficient (Wildman–Crippen LogP) is 4.83. The molecule has 0 unspecified atom stereocenters. The fraction of sp³-hybridized carbons (Fsp3) is 0.650. The Morgan fingerprint density at radius 2 is 1.69 bits per heavy atom. The normalized spacial score (nSPS) is 20.3. The Balaban J connectivity index is 0.00000392. The molecule has 1 aliphatic rings. The molecule has 0 saturated carbocycles. The number of hydrogen-bond donors (Lipinski definition) is 1. The van der Waals surface area contributed by atoms with Gasteiger partial charge in [0.2, 0.25) is 5.91 Å². The van der Waals surface area contributed by atoms with Crippen LogP contribution in [0.15, 0.2) is 18.2 Å². The molecule has 1 aliphatic heterocycles. The largest absolute Gasteiger partial charge is 0.416 e. The first-order valence-corrected chi connectivity index (χ1v) is 9.37. The SMILES string of the molecule is CC(C)C[C@H]1CN(Cc2ccc(F)cc2C(F)(F)F)[C@@H](CC(C)C)C(=O)N1.S.S. The van der Waals surface area contributed by atoms with Gasteiger partial charge in [0.1, 0.15) is 5.82 Å². The average Bonchev–Trinajstić information content (AvgIpc) is 2.50. The highest BCUT2D eigenvalue weighted by Crippen LogP contribution is 2.34. The van der Waals surface area contributed by atoms with Crippen LogP contribution in [0.3, 0.4) is 0 Å². The van der Waals surface area contributed by atoms with E-state index >= 15 is 0 Å². The fourth-order valence-corrected chi connectivity index (χ4v) is 3.67. The molecule has 1 heterocycles. The van der Waals surface area contributed by atoms with Gasteiger partial charge in [-0.15, -0.1) is 0 Å². The minimum absolute atomic E-state index is 0. The number of carbonyl (C=O) groups excluding carboxylic acids is 1. The summed E-state index contributed by atoms with van der Waals surface area (Å²) < 4.78 is 53.4. The molecule has 0 aromatic heterocycles. The third-order valence-corrected chi connectivity index (χ3v) is 4.75. The van der Waals surface area contributed by atoms with Gasteiger partial charge in [0.25, 0.3) is 0 Å². The number of halogens is 4. The zero-order chi connectivity index (χ0) is 20.4. The van der Waals surface area contributed by atoms with Gasteiger partial charge in [-0.1, -0.05) is 33.8 Å². The van der Waals surface area contributed by atoms with Gasteiger partial charge in [-0.2, -0.15) is 40.2 Å². The number of nitrogens with one attached hydrogen (secondary N) is 1. The summed E-state index contributed by atoms with van der Waals surface area (Å²) in [6, 6.07) is 2.16. The first-order chi connectivity index (χ1) is 12.5. The first-order valence-electron chi connectivity index (χ1n) is 9.37. The summed E-state index contributed by atoms with van der Waals surface area (Å²) in [5, 5.41) is 3.01. The van der Waals surface area contributed by atoms with Crippen molar-refractivity contribution in [2.75, 3.05) is 6.54 Å². The van der Waals surface area contributed by atoms with E-state index < -0.39 is 23.6 Å². The van der Waals surface area contributed by atoms with Crippen molar-refractivity contribution in [3.63, 3.8) is 0 Å². The van der Waals surface area contributed by atoms with Gasteiger partial charge < -0.3 is 5.32 Å².